The molecule has 7 heteroatoms. The third kappa shape index (κ3) is 3.02. The summed E-state index contributed by atoms with van der Waals surface area (Å²) < 4.78 is 11.0. The molecule has 0 saturated carbocycles. The first-order valence-corrected chi connectivity index (χ1v) is 9.08. The van der Waals surface area contributed by atoms with E-state index in [-0.39, 0.29) is 17.1 Å². The molecular formula is C20H15Cl2NO4. The molecule has 0 spiro atoms. The molecule has 2 aromatic carbocycles. The van der Waals surface area contributed by atoms with Crippen molar-refractivity contribution in [2.45, 2.75) is 6.04 Å². The van der Waals surface area contributed by atoms with E-state index in [9.17, 15) is 9.59 Å². The number of rotatable bonds is 4. The van der Waals surface area contributed by atoms with E-state index >= 15 is 0 Å². The molecule has 0 bridgehead atoms. The number of amides is 1. The fourth-order valence-corrected chi connectivity index (χ4v) is 3.81. The monoisotopic (exact) mass is 403 g/mol. The van der Waals surface area contributed by atoms with Gasteiger partial charge in [-0.15, -0.1) is 0 Å². The number of ether oxygens (including phenoxy) is 1. The van der Waals surface area contributed by atoms with Crippen molar-refractivity contribution >= 4 is 40.1 Å². The average Bonchev–Trinajstić information content (AvgIpc) is 2.93. The first kappa shape index (κ1) is 18.0. The van der Waals surface area contributed by atoms with Gasteiger partial charge in [-0.2, -0.15) is 0 Å². The zero-order chi connectivity index (χ0) is 19.1. The molecule has 138 valence electrons. The molecule has 1 aromatic heterocycles. The molecule has 2 heterocycles. The summed E-state index contributed by atoms with van der Waals surface area (Å²) in [6, 6.07) is 11.3. The third-order valence-corrected chi connectivity index (χ3v) is 5.10. The van der Waals surface area contributed by atoms with Crippen LogP contribution in [0.4, 0.5) is 0 Å². The van der Waals surface area contributed by atoms with Crippen LogP contribution in [0.3, 0.4) is 0 Å². The highest BCUT2D eigenvalue weighted by molar-refractivity contribution is 6.31. The normalized spacial score (nSPS) is 16.2. The van der Waals surface area contributed by atoms with Gasteiger partial charge in [0, 0.05) is 23.7 Å². The Morgan fingerprint density at radius 2 is 1.89 bits per heavy atom. The van der Waals surface area contributed by atoms with Crippen molar-refractivity contribution in [3.63, 3.8) is 0 Å². The summed E-state index contributed by atoms with van der Waals surface area (Å²) in [7, 11) is 1.56. The van der Waals surface area contributed by atoms with Crippen LogP contribution in [0.15, 0.2) is 51.7 Å². The summed E-state index contributed by atoms with van der Waals surface area (Å²) in [6.07, 6.45) is 0. The second kappa shape index (κ2) is 7.00. The van der Waals surface area contributed by atoms with Gasteiger partial charge in [0.2, 0.25) is 5.76 Å². The Balaban J connectivity index is 1.99. The maximum atomic E-state index is 13.2. The number of carbonyl (C=O) groups is 1. The number of hydrogen-bond donors (Lipinski definition) is 0. The van der Waals surface area contributed by atoms with Crippen molar-refractivity contribution < 1.29 is 13.9 Å². The summed E-state index contributed by atoms with van der Waals surface area (Å²) in [5, 5.41) is 1.29. The topological polar surface area (TPSA) is 59.8 Å². The van der Waals surface area contributed by atoms with E-state index in [4.69, 9.17) is 32.4 Å². The van der Waals surface area contributed by atoms with Crippen molar-refractivity contribution in [1.82, 2.24) is 4.90 Å². The van der Waals surface area contributed by atoms with Gasteiger partial charge >= 0.3 is 0 Å². The minimum atomic E-state index is -0.596. The number of fused-ring (bicyclic) bond motifs is 2. The maximum absolute atomic E-state index is 13.2. The highest BCUT2D eigenvalue weighted by Gasteiger charge is 2.42. The van der Waals surface area contributed by atoms with Gasteiger partial charge in [-0.05, 0) is 35.9 Å². The van der Waals surface area contributed by atoms with Crippen LogP contribution < -0.4 is 5.43 Å². The zero-order valence-corrected chi connectivity index (χ0v) is 15.9. The first-order chi connectivity index (χ1) is 13.0. The van der Waals surface area contributed by atoms with Gasteiger partial charge in [-0.3, -0.25) is 9.59 Å². The van der Waals surface area contributed by atoms with Crippen LogP contribution in [0.25, 0.3) is 11.0 Å². The van der Waals surface area contributed by atoms with Crippen LogP contribution in [0.2, 0.25) is 10.0 Å². The highest BCUT2D eigenvalue weighted by Crippen LogP contribution is 2.38. The summed E-state index contributed by atoms with van der Waals surface area (Å²) in [6.45, 7) is 0.642. The van der Waals surface area contributed by atoms with Crippen LogP contribution in [-0.4, -0.2) is 31.1 Å². The predicted octanol–water partition coefficient (Wildman–Crippen LogP) is 4.29. The molecule has 1 unspecified atom stereocenters. The van der Waals surface area contributed by atoms with E-state index in [1.54, 1.807) is 48.4 Å². The van der Waals surface area contributed by atoms with Crippen LogP contribution in [0.1, 0.15) is 27.7 Å². The van der Waals surface area contributed by atoms with Crippen LogP contribution in [0.5, 0.6) is 0 Å². The van der Waals surface area contributed by atoms with E-state index in [2.05, 4.69) is 0 Å². The number of methoxy groups -OCH3 is 1. The fourth-order valence-electron chi connectivity index (χ4n) is 3.44. The number of hydrogen-bond acceptors (Lipinski definition) is 4. The first-order valence-electron chi connectivity index (χ1n) is 8.33. The van der Waals surface area contributed by atoms with Crippen molar-refractivity contribution in [2.24, 2.45) is 0 Å². The largest absolute Gasteiger partial charge is 0.450 e. The van der Waals surface area contributed by atoms with Crippen LogP contribution in [0, 0.1) is 0 Å². The Kier molecular flexibility index (Phi) is 4.68. The Hall–Kier alpha value is -2.34. The van der Waals surface area contributed by atoms with Gasteiger partial charge in [0.15, 0.2) is 5.43 Å². The van der Waals surface area contributed by atoms with E-state index in [1.807, 2.05) is 6.07 Å². The molecule has 0 fully saturated rings. The third-order valence-electron chi connectivity index (χ3n) is 4.63. The Morgan fingerprint density at radius 1 is 1.11 bits per heavy atom. The van der Waals surface area contributed by atoms with Crippen molar-refractivity contribution in [3.05, 3.63) is 79.6 Å². The molecule has 1 amide bonds. The average molecular weight is 404 g/mol. The summed E-state index contributed by atoms with van der Waals surface area (Å²) in [5.41, 5.74) is 1.09. The summed E-state index contributed by atoms with van der Waals surface area (Å²) >= 11 is 12.2. The molecule has 1 atom stereocenters. The molecule has 0 saturated heterocycles. The second-order valence-electron chi connectivity index (χ2n) is 6.26. The summed E-state index contributed by atoms with van der Waals surface area (Å²) in [4.78, 5) is 27.8. The zero-order valence-electron chi connectivity index (χ0n) is 14.4. The lowest BCUT2D eigenvalue weighted by Gasteiger charge is -2.24. The molecule has 0 N–H and O–H groups in total. The van der Waals surface area contributed by atoms with Crippen molar-refractivity contribution in [1.29, 1.82) is 0 Å². The van der Waals surface area contributed by atoms with Crippen LogP contribution in [-0.2, 0) is 4.74 Å². The van der Waals surface area contributed by atoms with E-state index in [1.165, 1.54) is 0 Å². The van der Waals surface area contributed by atoms with Crippen molar-refractivity contribution in [2.75, 3.05) is 20.3 Å². The molecule has 5 nitrogen and oxygen atoms in total. The molecule has 1 aliphatic rings. The Morgan fingerprint density at radius 3 is 2.63 bits per heavy atom. The fraction of sp³-hybridized carbons (Fsp3) is 0.200. The van der Waals surface area contributed by atoms with Gasteiger partial charge in [0.1, 0.15) is 5.58 Å². The number of carbonyl (C=O) groups excluding carboxylic acids is 1. The smallest absolute Gasteiger partial charge is 0.290 e. The molecular weight excluding hydrogens is 389 g/mol. The van der Waals surface area contributed by atoms with E-state index in [0.717, 1.165) is 5.56 Å². The lowest BCUT2D eigenvalue weighted by atomic mass is 9.98. The van der Waals surface area contributed by atoms with Gasteiger partial charge in [-0.25, -0.2) is 0 Å². The molecule has 1 aliphatic heterocycles. The number of benzene rings is 2. The molecule has 0 radical (unpaired) electrons. The van der Waals surface area contributed by atoms with Crippen LogP contribution >= 0.6 is 23.2 Å². The molecule has 27 heavy (non-hydrogen) atoms. The van der Waals surface area contributed by atoms with Gasteiger partial charge in [0.25, 0.3) is 5.91 Å². The standard InChI is InChI=1S/C20H15Cl2NO4/c1-26-8-7-23-17(11-3-2-4-12(21)9-11)16-18(24)14-10-13(22)5-6-15(14)27-19(16)20(23)25/h2-6,9-10,17H,7-8H2,1H3. The lowest BCUT2D eigenvalue weighted by molar-refractivity contribution is 0.0663. The second-order valence-corrected chi connectivity index (χ2v) is 7.14. The van der Waals surface area contributed by atoms with Gasteiger partial charge < -0.3 is 14.1 Å². The SMILES string of the molecule is COCCN1C(=O)c2oc3ccc(Cl)cc3c(=O)c2C1c1cccc(Cl)c1. The summed E-state index contributed by atoms with van der Waals surface area (Å²) in [5.74, 6) is -0.295. The molecule has 3 aromatic rings. The quantitative estimate of drug-likeness (QED) is 0.651. The molecule has 0 aliphatic carbocycles. The lowest BCUT2D eigenvalue weighted by Crippen LogP contribution is -2.32. The minimum Gasteiger partial charge on any atom is -0.450 e. The molecule has 4 rings (SSSR count). The minimum absolute atomic E-state index is 0.0518. The van der Waals surface area contributed by atoms with Gasteiger partial charge in [-0.1, -0.05) is 35.3 Å². The van der Waals surface area contributed by atoms with E-state index < -0.39 is 6.04 Å². The van der Waals surface area contributed by atoms with E-state index in [0.29, 0.717) is 39.7 Å². The Bertz CT molecular complexity index is 1110. The number of nitrogens with zero attached hydrogens (tertiary/aromatic N) is 1. The van der Waals surface area contributed by atoms with Gasteiger partial charge in [0.05, 0.1) is 23.6 Å². The number of halogens is 2. The predicted molar refractivity (Wildman–Crippen MR) is 104 cm³/mol. The van der Waals surface area contributed by atoms with Crippen molar-refractivity contribution in [3.8, 4) is 0 Å². The Labute approximate surface area is 165 Å². The maximum Gasteiger partial charge on any atom is 0.290 e. The highest BCUT2D eigenvalue weighted by atomic mass is 35.5.